The van der Waals surface area contributed by atoms with Crippen molar-refractivity contribution < 1.29 is 24.2 Å². The molecule has 3 rings (SSSR count). The lowest BCUT2D eigenvalue weighted by molar-refractivity contribution is -0.154. The molecule has 3 saturated heterocycles. The first kappa shape index (κ1) is 32.7. The van der Waals surface area contributed by atoms with Gasteiger partial charge >= 0.3 is 5.97 Å². The highest BCUT2D eigenvalue weighted by atomic mass is 32.2. The zero-order valence-corrected chi connectivity index (χ0v) is 26.3. The Kier molecular flexibility index (Phi) is 11.0. The first-order valence-corrected chi connectivity index (χ1v) is 16.0. The van der Waals surface area contributed by atoms with Crippen LogP contribution in [0.1, 0.15) is 92.4 Å². The second-order valence-corrected chi connectivity index (χ2v) is 15.2. The average molecular weight is 577 g/mol. The second-order valence-electron chi connectivity index (χ2n) is 13.6. The second kappa shape index (κ2) is 13.5. The summed E-state index contributed by atoms with van der Waals surface area (Å²) in [5.41, 5.74) is -0.443. The normalized spacial score (nSPS) is 27.6. The lowest BCUT2D eigenvalue weighted by Gasteiger charge is -2.46. The number of ether oxygens (including phenoxy) is 1. The van der Waals surface area contributed by atoms with Crippen molar-refractivity contribution in [3.8, 4) is 0 Å². The Labute approximate surface area is 246 Å². The van der Waals surface area contributed by atoms with Gasteiger partial charge < -0.3 is 19.6 Å². The van der Waals surface area contributed by atoms with Crippen LogP contribution in [-0.4, -0.2) is 80.6 Å². The van der Waals surface area contributed by atoms with E-state index in [4.69, 9.17) is 4.74 Å². The minimum absolute atomic E-state index is 0.00158. The van der Waals surface area contributed by atoms with Crippen molar-refractivity contribution in [1.29, 1.82) is 0 Å². The number of unbranched alkanes of at least 4 members (excludes halogenated alkanes) is 4. The van der Waals surface area contributed by atoms with Crippen molar-refractivity contribution in [2.75, 3.05) is 26.3 Å². The number of nitrogens with zero attached hydrogens (tertiary/aromatic N) is 2. The molecule has 3 aliphatic rings. The summed E-state index contributed by atoms with van der Waals surface area (Å²) in [6, 6.07) is -0.615. The molecule has 2 bridgehead atoms. The van der Waals surface area contributed by atoms with Gasteiger partial charge in [0.25, 0.3) is 0 Å². The van der Waals surface area contributed by atoms with Crippen LogP contribution in [0.2, 0.25) is 0 Å². The summed E-state index contributed by atoms with van der Waals surface area (Å²) in [4.78, 5) is 46.1. The van der Waals surface area contributed by atoms with Gasteiger partial charge in [-0.05, 0) is 64.2 Å². The third kappa shape index (κ3) is 6.80. The maximum atomic E-state index is 14.7. The van der Waals surface area contributed by atoms with Crippen LogP contribution < -0.4 is 0 Å². The highest BCUT2D eigenvalue weighted by Gasteiger charge is 2.74. The number of carbonyl (C=O) groups is 3. The Bertz CT molecular complexity index is 944. The number of carbonyl (C=O) groups excluding carboxylic acids is 3. The van der Waals surface area contributed by atoms with Gasteiger partial charge in [0.2, 0.25) is 11.8 Å². The molecule has 3 aliphatic heterocycles. The number of thioether (sulfide) groups is 1. The van der Waals surface area contributed by atoms with Gasteiger partial charge in [0.1, 0.15) is 6.04 Å². The molecule has 8 heteroatoms. The van der Waals surface area contributed by atoms with Crippen LogP contribution >= 0.6 is 11.8 Å². The largest absolute Gasteiger partial charge is 0.465 e. The summed E-state index contributed by atoms with van der Waals surface area (Å²) in [6.45, 7) is 19.8. The molecule has 3 fully saturated rings. The third-order valence-corrected chi connectivity index (χ3v) is 10.6. The summed E-state index contributed by atoms with van der Waals surface area (Å²) in [7, 11) is 0. The molecule has 2 amide bonds. The van der Waals surface area contributed by atoms with Crippen LogP contribution in [0, 0.1) is 17.3 Å². The molecular formula is C32H52N2O5S. The van der Waals surface area contributed by atoms with Crippen molar-refractivity contribution in [3.63, 3.8) is 0 Å². The lowest BCUT2D eigenvalue weighted by atomic mass is 9.71. The molecule has 7 nitrogen and oxygen atoms in total. The minimum Gasteiger partial charge on any atom is -0.465 e. The first-order chi connectivity index (χ1) is 18.8. The van der Waals surface area contributed by atoms with Crippen molar-refractivity contribution in [1.82, 2.24) is 9.80 Å². The number of fused-ring (bicyclic) bond motifs is 1. The summed E-state index contributed by atoms with van der Waals surface area (Å²) in [6.07, 6.45) is 10.7. The van der Waals surface area contributed by atoms with Crippen molar-refractivity contribution in [2.45, 2.75) is 114 Å². The smallest absolute Gasteiger partial charge is 0.310 e. The van der Waals surface area contributed by atoms with Crippen LogP contribution in [-0.2, 0) is 19.1 Å². The summed E-state index contributed by atoms with van der Waals surface area (Å²) < 4.78 is 5.06. The van der Waals surface area contributed by atoms with Crippen LogP contribution in [0.15, 0.2) is 25.3 Å². The monoisotopic (exact) mass is 576 g/mol. The molecule has 0 aromatic heterocycles. The highest BCUT2D eigenvalue weighted by Crippen LogP contribution is 2.66. The van der Waals surface area contributed by atoms with Crippen LogP contribution in [0.25, 0.3) is 0 Å². The van der Waals surface area contributed by atoms with Gasteiger partial charge in [0, 0.05) is 30.5 Å². The molecule has 1 N–H and O–H groups in total. The number of hydrogen-bond donors (Lipinski definition) is 1. The number of allylic oxidation sites excluding steroid dienone is 1. The molecule has 0 aromatic rings. The maximum absolute atomic E-state index is 14.7. The van der Waals surface area contributed by atoms with E-state index in [0.29, 0.717) is 26.1 Å². The molecule has 0 saturated carbocycles. The summed E-state index contributed by atoms with van der Waals surface area (Å²) in [5.74, 6) is -1.46. The Hall–Kier alpha value is -1.80. The first-order valence-electron chi connectivity index (χ1n) is 15.1. The summed E-state index contributed by atoms with van der Waals surface area (Å²) in [5, 5.41) is 9.18. The predicted molar refractivity (Wildman–Crippen MR) is 162 cm³/mol. The van der Waals surface area contributed by atoms with Gasteiger partial charge in [0.15, 0.2) is 0 Å². The Balaban J connectivity index is 1.95. The zero-order valence-electron chi connectivity index (χ0n) is 25.5. The van der Waals surface area contributed by atoms with E-state index < -0.39 is 28.2 Å². The highest BCUT2D eigenvalue weighted by molar-refractivity contribution is 8.02. The number of esters is 1. The van der Waals surface area contributed by atoms with E-state index in [1.54, 1.807) is 17.8 Å². The van der Waals surface area contributed by atoms with Crippen molar-refractivity contribution in [2.24, 2.45) is 17.3 Å². The van der Waals surface area contributed by atoms with Gasteiger partial charge in [-0.3, -0.25) is 14.4 Å². The minimum atomic E-state index is -0.619. The molecule has 40 heavy (non-hydrogen) atoms. The Morgan fingerprint density at radius 1 is 1.12 bits per heavy atom. The molecule has 0 aliphatic carbocycles. The van der Waals surface area contributed by atoms with Crippen molar-refractivity contribution >= 4 is 29.5 Å². The predicted octanol–water partition coefficient (Wildman–Crippen LogP) is 5.37. The quantitative estimate of drug-likeness (QED) is 0.151. The van der Waals surface area contributed by atoms with E-state index in [0.717, 1.165) is 51.4 Å². The van der Waals surface area contributed by atoms with Crippen molar-refractivity contribution in [3.05, 3.63) is 25.3 Å². The Morgan fingerprint density at radius 3 is 2.45 bits per heavy atom. The van der Waals surface area contributed by atoms with Crippen LogP contribution in [0.5, 0.6) is 0 Å². The molecule has 0 radical (unpaired) electrons. The summed E-state index contributed by atoms with van der Waals surface area (Å²) >= 11 is 1.69. The third-order valence-electron chi connectivity index (χ3n) is 8.68. The van der Waals surface area contributed by atoms with Gasteiger partial charge in [-0.2, -0.15) is 0 Å². The standard InChI is InChI=1S/C32H52N2O5S/c1-8-10-15-21-39-29(38)24-23-16-17-32(40-23)25(24)27(36)33(19-13-11-12-14-20-35)26(32)28(37)34(18-9-2)31(6,7)22-30(3,4)5/h8-9,23-26,35H,1-2,10-22H2,3-7H3/t23-,24+,25-,26?,32?/m0/s1. The average Bonchev–Trinajstić information content (AvgIpc) is 3.50. The molecule has 5 atom stereocenters. The molecule has 1 spiro atoms. The van der Waals surface area contributed by atoms with E-state index in [1.165, 1.54) is 0 Å². The fourth-order valence-electron chi connectivity index (χ4n) is 7.49. The topological polar surface area (TPSA) is 87.2 Å². The van der Waals surface area contributed by atoms with E-state index in [9.17, 15) is 19.5 Å². The zero-order chi connectivity index (χ0) is 29.7. The maximum Gasteiger partial charge on any atom is 0.310 e. The number of aliphatic hydroxyl groups is 1. The number of aliphatic hydroxyl groups excluding tert-OH is 1. The number of rotatable bonds is 16. The lowest BCUT2D eigenvalue weighted by Crippen LogP contribution is -2.60. The fourth-order valence-corrected chi connectivity index (χ4v) is 9.69. The van der Waals surface area contributed by atoms with Gasteiger partial charge in [-0.25, -0.2) is 0 Å². The molecule has 3 heterocycles. The van der Waals surface area contributed by atoms with Gasteiger partial charge in [0.05, 0.1) is 23.2 Å². The molecular weight excluding hydrogens is 524 g/mol. The molecule has 0 aromatic carbocycles. The van der Waals surface area contributed by atoms with E-state index in [1.807, 2.05) is 15.9 Å². The van der Waals surface area contributed by atoms with E-state index in [2.05, 4.69) is 47.8 Å². The van der Waals surface area contributed by atoms with Gasteiger partial charge in [-0.1, -0.05) is 45.8 Å². The fraction of sp³-hybridized carbons (Fsp3) is 0.781. The number of hydrogen-bond acceptors (Lipinski definition) is 6. The van der Waals surface area contributed by atoms with Gasteiger partial charge in [-0.15, -0.1) is 24.9 Å². The molecule has 226 valence electrons. The molecule has 2 unspecified atom stereocenters. The van der Waals surface area contributed by atoms with Crippen LogP contribution in [0.4, 0.5) is 0 Å². The van der Waals surface area contributed by atoms with E-state index in [-0.39, 0.29) is 35.1 Å². The Morgan fingerprint density at radius 2 is 1.82 bits per heavy atom. The number of amides is 2. The van der Waals surface area contributed by atoms with E-state index >= 15 is 0 Å². The van der Waals surface area contributed by atoms with Crippen LogP contribution in [0.3, 0.4) is 0 Å². The SMILES string of the molecule is C=CCCCOC(=O)[C@@H]1[C@@H]2CCC3(S2)C(C(=O)N(CC=C)C(C)(C)CC(C)(C)C)N(CCCCCCO)C(=O)[C@H]13. The number of likely N-dealkylation sites (tertiary alicyclic amines) is 1.